The molecular formula is C28H28FN3O5. The maximum atomic E-state index is 14.9. The highest BCUT2D eigenvalue weighted by Gasteiger charge is 2.44. The average Bonchev–Trinajstić information content (AvgIpc) is 3.24. The number of aromatic nitrogens is 2. The lowest BCUT2D eigenvalue weighted by atomic mass is 9.77. The molecule has 8 nitrogen and oxygen atoms in total. The van der Waals surface area contributed by atoms with E-state index in [0.29, 0.717) is 46.4 Å². The van der Waals surface area contributed by atoms with Crippen LogP contribution in [0.15, 0.2) is 16.9 Å². The van der Waals surface area contributed by atoms with Gasteiger partial charge in [-0.05, 0) is 62.3 Å². The number of aryl methyl sites for hydroxylation is 1. The number of carbonyl (C=O) groups is 2. The second-order valence-electron chi connectivity index (χ2n) is 10.4. The summed E-state index contributed by atoms with van der Waals surface area (Å²) < 4.78 is 16.5. The number of Topliss-reactive ketones (excluding diaryl/α,β-unsaturated/α-hetero) is 1. The number of fused-ring (bicyclic) bond motifs is 5. The van der Waals surface area contributed by atoms with E-state index in [2.05, 4.69) is 5.32 Å². The van der Waals surface area contributed by atoms with Crippen LogP contribution in [-0.2, 0) is 34.6 Å². The molecule has 3 aliphatic rings. The number of nitrogens with zero attached hydrogens (tertiary/aromatic N) is 2. The summed E-state index contributed by atoms with van der Waals surface area (Å²) in [7, 11) is 0. The van der Waals surface area contributed by atoms with Crippen LogP contribution in [0.1, 0.15) is 72.5 Å². The van der Waals surface area contributed by atoms with Gasteiger partial charge in [0.2, 0.25) is 5.91 Å². The lowest BCUT2D eigenvalue weighted by Crippen LogP contribution is -2.43. The van der Waals surface area contributed by atoms with Gasteiger partial charge in [0.05, 0.1) is 29.5 Å². The molecule has 3 heterocycles. The van der Waals surface area contributed by atoms with E-state index in [1.54, 1.807) is 24.5 Å². The van der Waals surface area contributed by atoms with Crippen molar-refractivity contribution in [2.24, 2.45) is 0 Å². The van der Waals surface area contributed by atoms with Crippen molar-refractivity contribution in [3.8, 4) is 11.4 Å². The molecule has 2 aliphatic carbocycles. The number of halogens is 1. The van der Waals surface area contributed by atoms with Gasteiger partial charge in [-0.15, -0.1) is 0 Å². The van der Waals surface area contributed by atoms with Crippen LogP contribution in [0.25, 0.3) is 22.3 Å². The van der Waals surface area contributed by atoms with Crippen molar-refractivity contribution < 1.29 is 24.2 Å². The number of pyridine rings is 2. The summed E-state index contributed by atoms with van der Waals surface area (Å²) in [5.74, 6) is -1.20. The number of benzene rings is 1. The monoisotopic (exact) mass is 505 g/mol. The number of rotatable bonds is 3. The van der Waals surface area contributed by atoms with Crippen LogP contribution in [0.3, 0.4) is 0 Å². The lowest BCUT2D eigenvalue weighted by Gasteiger charge is -2.32. The average molecular weight is 506 g/mol. The molecule has 37 heavy (non-hydrogen) atoms. The summed E-state index contributed by atoms with van der Waals surface area (Å²) in [5, 5.41) is 24.8. The van der Waals surface area contributed by atoms with Crippen molar-refractivity contribution >= 4 is 22.6 Å². The second-order valence-corrected chi connectivity index (χ2v) is 10.4. The molecule has 2 aromatic heterocycles. The number of hydrogen-bond donors (Lipinski definition) is 3. The van der Waals surface area contributed by atoms with E-state index in [0.717, 1.165) is 22.1 Å². The standard InChI is InChI=1S/C28H28FN3O5/c1-4-28(37)17-9-21-25-16(11-32(21)27(36)15(17)6-8-22(28)34)24-19(31-26(35)13(3)33)7-5-14-12(2)18(29)10-20(30-25)23(14)24/h9-10,13,19,33,37H,4-8,11H2,1-3H3,(H,31,35)/t13?,19?,28-/m0/s1. The Morgan fingerprint density at radius 1 is 1.24 bits per heavy atom. The summed E-state index contributed by atoms with van der Waals surface area (Å²) in [4.78, 5) is 43.6. The first-order valence-electron chi connectivity index (χ1n) is 12.7. The third-order valence-electron chi connectivity index (χ3n) is 8.45. The first-order chi connectivity index (χ1) is 17.6. The molecule has 0 radical (unpaired) electrons. The SMILES string of the molecule is CC[C@@]1(O)C(=O)CCc2c1cc1n(c2=O)Cc2c-1nc1cc(F)c(C)c3c1c2C(NC(=O)C(C)O)CC3. The molecule has 1 amide bonds. The minimum Gasteiger partial charge on any atom is -0.384 e. The summed E-state index contributed by atoms with van der Waals surface area (Å²) in [6, 6.07) is 2.61. The van der Waals surface area contributed by atoms with Gasteiger partial charge in [0.25, 0.3) is 5.56 Å². The number of ketones is 1. The van der Waals surface area contributed by atoms with Crippen molar-refractivity contribution in [3.63, 3.8) is 0 Å². The largest absolute Gasteiger partial charge is 0.384 e. The minimum atomic E-state index is -1.74. The molecule has 1 aliphatic heterocycles. The third kappa shape index (κ3) is 3.20. The molecular weight excluding hydrogens is 477 g/mol. The Balaban J connectivity index is 1.65. The van der Waals surface area contributed by atoms with Crippen molar-refractivity contribution in [1.82, 2.24) is 14.9 Å². The van der Waals surface area contributed by atoms with Crippen LogP contribution in [0, 0.1) is 12.7 Å². The minimum absolute atomic E-state index is 0.0988. The van der Waals surface area contributed by atoms with Crippen LogP contribution >= 0.6 is 0 Å². The van der Waals surface area contributed by atoms with Crippen molar-refractivity contribution in [3.05, 3.63) is 61.7 Å². The van der Waals surface area contributed by atoms with Crippen molar-refractivity contribution in [2.75, 3.05) is 0 Å². The van der Waals surface area contributed by atoms with Gasteiger partial charge >= 0.3 is 0 Å². The van der Waals surface area contributed by atoms with Gasteiger partial charge in [0, 0.05) is 34.6 Å². The van der Waals surface area contributed by atoms with Crippen molar-refractivity contribution in [2.45, 2.75) is 77.2 Å². The number of aliphatic hydroxyl groups excluding tert-OH is 1. The fourth-order valence-corrected chi connectivity index (χ4v) is 6.37. The maximum Gasteiger partial charge on any atom is 0.254 e. The van der Waals surface area contributed by atoms with Gasteiger partial charge in [-0.1, -0.05) is 6.92 Å². The number of carbonyl (C=O) groups excluding carboxylic acids is 2. The van der Waals surface area contributed by atoms with E-state index in [1.807, 2.05) is 0 Å². The molecule has 3 N–H and O–H groups in total. The number of hydrogen-bond acceptors (Lipinski definition) is 6. The molecule has 0 saturated carbocycles. The van der Waals surface area contributed by atoms with E-state index in [-0.39, 0.29) is 43.0 Å². The Bertz CT molecular complexity index is 1610. The van der Waals surface area contributed by atoms with Crippen LogP contribution in [-0.4, -0.2) is 37.6 Å². The maximum absolute atomic E-state index is 14.9. The van der Waals surface area contributed by atoms with Gasteiger partial charge in [-0.25, -0.2) is 9.37 Å². The zero-order chi connectivity index (χ0) is 26.4. The van der Waals surface area contributed by atoms with Crippen LogP contribution in [0.4, 0.5) is 4.39 Å². The molecule has 0 bridgehead atoms. The lowest BCUT2D eigenvalue weighted by molar-refractivity contribution is -0.140. The second kappa shape index (κ2) is 8.03. The quantitative estimate of drug-likeness (QED) is 0.393. The predicted octanol–water partition coefficient (Wildman–Crippen LogP) is 2.47. The molecule has 9 heteroatoms. The Labute approximate surface area is 212 Å². The fourth-order valence-electron chi connectivity index (χ4n) is 6.37. The van der Waals surface area contributed by atoms with Crippen molar-refractivity contribution in [1.29, 1.82) is 0 Å². The Morgan fingerprint density at radius 3 is 2.70 bits per heavy atom. The smallest absolute Gasteiger partial charge is 0.254 e. The summed E-state index contributed by atoms with van der Waals surface area (Å²) in [5.41, 5.74) is 3.00. The normalized spacial score (nSPS) is 22.4. The van der Waals surface area contributed by atoms with E-state index in [4.69, 9.17) is 4.98 Å². The molecule has 0 fully saturated rings. The molecule has 192 valence electrons. The van der Waals surface area contributed by atoms with Crippen LogP contribution < -0.4 is 10.9 Å². The Hall–Kier alpha value is -3.43. The first kappa shape index (κ1) is 23.9. The van der Waals surface area contributed by atoms with Gasteiger partial charge in [0.1, 0.15) is 17.5 Å². The Morgan fingerprint density at radius 2 is 2.00 bits per heavy atom. The van der Waals surface area contributed by atoms with E-state index in [1.165, 1.54) is 13.0 Å². The number of nitrogens with one attached hydrogen (secondary N) is 1. The summed E-state index contributed by atoms with van der Waals surface area (Å²) in [6.45, 7) is 5.05. The number of aliphatic hydroxyl groups is 2. The zero-order valence-corrected chi connectivity index (χ0v) is 20.9. The molecule has 0 spiro atoms. The van der Waals surface area contributed by atoms with E-state index < -0.39 is 23.7 Å². The van der Waals surface area contributed by atoms with Crippen LogP contribution in [0.2, 0.25) is 0 Å². The molecule has 6 rings (SSSR count). The molecule has 2 unspecified atom stereocenters. The summed E-state index contributed by atoms with van der Waals surface area (Å²) in [6.07, 6.45) is 0.347. The topological polar surface area (TPSA) is 122 Å². The zero-order valence-electron chi connectivity index (χ0n) is 20.9. The van der Waals surface area contributed by atoms with Gasteiger partial charge in [-0.2, -0.15) is 0 Å². The van der Waals surface area contributed by atoms with E-state index in [9.17, 15) is 29.0 Å². The highest BCUT2D eigenvalue weighted by atomic mass is 19.1. The first-order valence-corrected chi connectivity index (χ1v) is 12.7. The molecule has 3 aromatic rings. The third-order valence-corrected chi connectivity index (χ3v) is 8.45. The van der Waals surface area contributed by atoms with Gasteiger partial charge in [-0.3, -0.25) is 14.4 Å². The fraction of sp³-hybridized carbons (Fsp3) is 0.429. The van der Waals surface area contributed by atoms with Gasteiger partial charge < -0.3 is 20.1 Å². The molecule has 3 atom stereocenters. The predicted molar refractivity (Wildman–Crippen MR) is 134 cm³/mol. The molecule has 1 aromatic carbocycles. The Kier molecular flexibility index (Phi) is 5.20. The van der Waals surface area contributed by atoms with E-state index >= 15 is 0 Å². The number of amides is 1. The highest BCUT2D eigenvalue weighted by molar-refractivity contribution is 5.94. The molecule has 0 saturated heterocycles. The highest BCUT2D eigenvalue weighted by Crippen LogP contribution is 2.46. The van der Waals surface area contributed by atoms with Gasteiger partial charge in [0.15, 0.2) is 5.78 Å². The summed E-state index contributed by atoms with van der Waals surface area (Å²) >= 11 is 0. The van der Waals surface area contributed by atoms with Crippen LogP contribution in [0.5, 0.6) is 0 Å².